The highest BCUT2D eigenvalue weighted by Gasteiger charge is 2.33. The summed E-state index contributed by atoms with van der Waals surface area (Å²) in [6.07, 6.45) is 1.77. The molecule has 4 heterocycles. The first-order chi connectivity index (χ1) is 18.3. The molecule has 0 bridgehead atoms. The van der Waals surface area contributed by atoms with Crippen LogP contribution in [0.3, 0.4) is 0 Å². The van der Waals surface area contributed by atoms with Crippen molar-refractivity contribution in [1.82, 2.24) is 9.47 Å². The number of nitrogens with zero attached hydrogens (tertiary/aromatic N) is 4. The van der Waals surface area contributed by atoms with Crippen LogP contribution in [0.2, 0.25) is 0 Å². The summed E-state index contributed by atoms with van der Waals surface area (Å²) in [5, 5.41) is 0. The van der Waals surface area contributed by atoms with Gasteiger partial charge in [0.2, 0.25) is 0 Å². The average molecular weight is 535 g/mol. The van der Waals surface area contributed by atoms with Crippen molar-refractivity contribution in [3.63, 3.8) is 0 Å². The summed E-state index contributed by atoms with van der Waals surface area (Å²) in [5.74, 6) is 1.34. The van der Waals surface area contributed by atoms with Crippen molar-refractivity contribution >= 4 is 29.3 Å². The van der Waals surface area contributed by atoms with E-state index in [1.807, 2.05) is 24.3 Å². The monoisotopic (exact) mass is 534 g/mol. The minimum atomic E-state index is -0.619. The van der Waals surface area contributed by atoms with E-state index < -0.39 is 12.0 Å². The molecule has 0 unspecified atom stereocenters. The molecule has 0 spiro atoms. The van der Waals surface area contributed by atoms with Crippen molar-refractivity contribution in [3.05, 3.63) is 84.2 Å². The average Bonchev–Trinajstić information content (AvgIpc) is 3.48. The number of ether oxygens (including phenoxy) is 1. The van der Waals surface area contributed by atoms with Gasteiger partial charge in [-0.3, -0.25) is 9.36 Å². The maximum atomic E-state index is 13.8. The number of hydrogen-bond donors (Lipinski definition) is 0. The van der Waals surface area contributed by atoms with E-state index in [0.29, 0.717) is 32.3 Å². The predicted octanol–water partition coefficient (Wildman–Crippen LogP) is 3.27. The largest absolute Gasteiger partial charge is 0.463 e. The SMILES string of the molecule is CCOC(=O)C1=C(C)N=c2s/c(=C/c3ccc(N4CCN(C)CC4)o3)c(=O)n2[C@H]1c1ccc(C(C)C)cc1. The van der Waals surface area contributed by atoms with Crippen molar-refractivity contribution in [1.29, 1.82) is 0 Å². The van der Waals surface area contributed by atoms with Gasteiger partial charge in [0.05, 0.1) is 28.5 Å². The van der Waals surface area contributed by atoms with Gasteiger partial charge >= 0.3 is 5.97 Å². The molecule has 0 saturated carbocycles. The number of piperazine rings is 1. The van der Waals surface area contributed by atoms with Gasteiger partial charge in [-0.2, -0.15) is 0 Å². The highest BCUT2D eigenvalue weighted by molar-refractivity contribution is 7.07. The number of carbonyl (C=O) groups excluding carboxylic acids is 1. The predicted molar refractivity (Wildman–Crippen MR) is 149 cm³/mol. The van der Waals surface area contributed by atoms with Gasteiger partial charge in [0, 0.05) is 38.3 Å². The van der Waals surface area contributed by atoms with Gasteiger partial charge < -0.3 is 19.0 Å². The lowest BCUT2D eigenvalue weighted by Crippen LogP contribution is -2.44. The topological polar surface area (TPSA) is 80.3 Å². The molecule has 200 valence electrons. The molecule has 0 aliphatic carbocycles. The Labute approximate surface area is 226 Å². The van der Waals surface area contributed by atoms with E-state index in [0.717, 1.165) is 37.6 Å². The maximum Gasteiger partial charge on any atom is 0.338 e. The number of likely N-dealkylation sites (N-methyl/N-ethyl adjacent to an activating group) is 1. The second kappa shape index (κ2) is 10.7. The second-order valence-corrected chi connectivity index (χ2v) is 11.1. The Balaban J connectivity index is 1.57. The fraction of sp³-hybridized carbons (Fsp3) is 0.414. The van der Waals surface area contributed by atoms with E-state index in [4.69, 9.17) is 9.15 Å². The summed E-state index contributed by atoms with van der Waals surface area (Å²) in [4.78, 5) is 36.6. The molecule has 2 aliphatic rings. The van der Waals surface area contributed by atoms with Crippen LogP contribution >= 0.6 is 11.3 Å². The first kappa shape index (κ1) is 26.2. The number of allylic oxidation sites excluding steroid dienone is 1. The van der Waals surface area contributed by atoms with E-state index in [-0.39, 0.29) is 12.2 Å². The fourth-order valence-electron chi connectivity index (χ4n) is 4.92. The third-order valence-electron chi connectivity index (χ3n) is 7.14. The highest BCUT2D eigenvalue weighted by Crippen LogP contribution is 2.31. The van der Waals surface area contributed by atoms with Crippen LogP contribution in [0.5, 0.6) is 0 Å². The number of carbonyl (C=O) groups is 1. The molecule has 1 aromatic carbocycles. The Morgan fingerprint density at radius 2 is 1.87 bits per heavy atom. The van der Waals surface area contributed by atoms with Crippen LogP contribution in [-0.2, 0) is 9.53 Å². The molecule has 0 N–H and O–H groups in total. The molecule has 1 saturated heterocycles. The number of esters is 1. The standard InChI is InChI=1S/C29H34N4O4S/c1-6-36-28(35)25-19(4)30-29-33(26(25)21-9-7-20(8-10-21)18(2)3)27(34)23(38-29)17-22-11-12-24(37-22)32-15-13-31(5)14-16-32/h7-12,17-18,26H,6,13-16H2,1-5H3/b23-17+/t26-/m0/s1. The number of furan rings is 1. The lowest BCUT2D eigenvalue weighted by atomic mass is 9.93. The number of rotatable bonds is 6. The van der Waals surface area contributed by atoms with Crippen molar-refractivity contribution in [2.45, 2.75) is 39.7 Å². The van der Waals surface area contributed by atoms with Crippen molar-refractivity contribution in [3.8, 4) is 0 Å². The van der Waals surface area contributed by atoms with Crippen molar-refractivity contribution in [2.75, 3.05) is 44.7 Å². The molecular weight excluding hydrogens is 500 g/mol. The Morgan fingerprint density at radius 3 is 2.53 bits per heavy atom. The minimum Gasteiger partial charge on any atom is -0.463 e. The Hall–Kier alpha value is -3.43. The number of hydrogen-bond acceptors (Lipinski definition) is 8. The maximum absolute atomic E-state index is 13.8. The third-order valence-corrected chi connectivity index (χ3v) is 8.12. The first-order valence-electron chi connectivity index (χ1n) is 13.1. The zero-order valence-corrected chi connectivity index (χ0v) is 23.4. The van der Waals surface area contributed by atoms with Crippen molar-refractivity contribution < 1.29 is 13.9 Å². The zero-order chi connectivity index (χ0) is 27.0. The number of fused-ring (bicyclic) bond motifs is 1. The van der Waals surface area contributed by atoms with Crippen molar-refractivity contribution in [2.24, 2.45) is 4.99 Å². The molecule has 2 aliphatic heterocycles. The Bertz CT molecular complexity index is 1540. The molecule has 3 aromatic rings. The van der Waals surface area contributed by atoms with Crippen LogP contribution in [0, 0.1) is 0 Å². The summed E-state index contributed by atoms with van der Waals surface area (Å²) >= 11 is 1.30. The Kier molecular flexibility index (Phi) is 7.40. The fourth-order valence-corrected chi connectivity index (χ4v) is 5.94. The van der Waals surface area contributed by atoms with Gasteiger partial charge in [0.15, 0.2) is 10.7 Å². The third kappa shape index (κ3) is 5.00. The molecule has 0 amide bonds. The normalized spacial score (nSPS) is 18.6. The van der Waals surface area contributed by atoms with Gasteiger partial charge in [-0.1, -0.05) is 49.4 Å². The first-order valence-corrected chi connectivity index (χ1v) is 13.9. The summed E-state index contributed by atoms with van der Waals surface area (Å²) in [7, 11) is 2.12. The highest BCUT2D eigenvalue weighted by atomic mass is 32.1. The van der Waals surface area contributed by atoms with Gasteiger partial charge in [0.25, 0.3) is 5.56 Å². The minimum absolute atomic E-state index is 0.210. The molecule has 0 radical (unpaired) electrons. The number of aromatic nitrogens is 1. The number of benzene rings is 1. The van der Waals surface area contributed by atoms with Crippen LogP contribution in [0.25, 0.3) is 6.08 Å². The van der Waals surface area contributed by atoms with Gasteiger partial charge in [-0.05, 0) is 44.0 Å². The van der Waals surface area contributed by atoms with Crippen LogP contribution in [0.15, 0.2) is 61.9 Å². The second-order valence-electron chi connectivity index (χ2n) is 10.1. The molecule has 9 heteroatoms. The van der Waals surface area contributed by atoms with Crippen LogP contribution in [0.1, 0.15) is 56.5 Å². The van der Waals surface area contributed by atoms with E-state index in [1.54, 1.807) is 24.5 Å². The van der Waals surface area contributed by atoms with Crippen LogP contribution in [0.4, 0.5) is 5.88 Å². The van der Waals surface area contributed by atoms with E-state index in [2.05, 4.69) is 47.8 Å². The summed E-state index contributed by atoms with van der Waals surface area (Å²) in [6.45, 7) is 11.8. The molecule has 1 fully saturated rings. The van der Waals surface area contributed by atoms with E-state index in [1.165, 1.54) is 16.9 Å². The van der Waals surface area contributed by atoms with E-state index >= 15 is 0 Å². The summed E-state index contributed by atoms with van der Waals surface area (Å²) in [6, 6.07) is 11.3. The van der Waals surface area contributed by atoms with Gasteiger partial charge in [-0.25, -0.2) is 9.79 Å². The molecule has 5 rings (SSSR count). The lowest BCUT2D eigenvalue weighted by Gasteiger charge is -2.32. The molecule has 2 aromatic heterocycles. The quantitative estimate of drug-likeness (QED) is 0.452. The summed E-state index contributed by atoms with van der Waals surface area (Å²) in [5.41, 5.74) is 2.77. The molecule has 38 heavy (non-hydrogen) atoms. The molecule has 8 nitrogen and oxygen atoms in total. The van der Waals surface area contributed by atoms with Crippen LogP contribution in [-0.4, -0.2) is 55.3 Å². The zero-order valence-electron chi connectivity index (χ0n) is 22.6. The van der Waals surface area contributed by atoms with Gasteiger partial charge in [0.1, 0.15) is 5.76 Å². The van der Waals surface area contributed by atoms with E-state index in [9.17, 15) is 9.59 Å². The number of anilines is 1. The van der Waals surface area contributed by atoms with Gasteiger partial charge in [-0.15, -0.1) is 0 Å². The molecule has 1 atom stereocenters. The Morgan fingerprint density at radius 1 is 1.16 bits per heavy atom. The summed E-state index contributed by atoms with van der Waals surface area (Å²) < 4.78 is 13.6. The molecular formula is C29H34N4O4S. The lowest BCUT2D eigenvalue weighted by molar-refractivity contribution is -0.139. The smallest absolute Gasteiger partial charge is 0.338 e. The number of thiazole rings is 1. The van der Waals surface area contributed by atoms with Crippen LogP contribution < -0.4 is 19.8 Å².